The lowest BCUT2D eigenvalue weighted by molar-refractivity contribution is 0.0438. The lowest BCUT2D eigenvalue weighted by Crippen LogP contribution is -2.37. The van der Waals surface area contributed by atoms with Gasteiger partial charge in [0.25, 0.3) is 5.91 Å². The van der Waals surface area contributed by atoms with E-state index in [0.717, 1.165) is 18.6 Å². The molecular formula is C18H22N4O4. The number of nitrogens with zero attached hydrogens (tertiary/aromatic N) is 3. The number of carbonyl (C=O) groups is 2. The smallest absolute Gasteiger partial charge is 0.410 e. The third-order valence-electron chi connectivity index (χ3n) is 5.13. The van der Waals surface area contributed by atoms with E-state index in [2.05, 4.69) is 10.2 Å². The van der Waals surface area contributed by atoms with Crippen LogP contribution in [0.4, 0.5) is 4.79 Å². The van der Waals surface area contributed by atoms with Gasteiger partial charge in [0, 0.05) is 32.6 Å². The Bertz CT molecular complexity index is 842. The van der Waals surface area contributed by atoms with E-state index in [9.17, 15) is 9.59 Å². The lowest BCUT2D eigenvalue weighted by atomic mass is 9.95. The summed E-state index contributed by atoms with van der Waals surface area (Å²) in [5, 5.41) is 7.01. The van der Waals surface area contributed by atoms with E-state index in [1.165, 1.54) is 0 Å². The Balaban J connectivity index is 1.46. The zero-order chi connectivity index (χ0) is 18.3. The van der Waals surface area contributed by atoms with Gasteiger partial charge in [0.1, 0.15) is 17.1 Å². The molecule has 8 heteroatoms. The largest absolute Gasteiger partial charge is 0.460 e. The Morgan fingerprint density at radius 3 is 2.85 bits per heavy atom. The Hall–Kier alpha value is -2.77. The standard InChI is InChI=1S/C18H22N4O4/c1-12-4-5-15(25-12)13-10-14(20-19-13)16(23)22-8-3-6-18(7-9-22)11-21(2)17(24)26-18/h4-5,10H,3,6-9,11H2,1-2H3,(H,19,20). The van der Waals surface area contributed by atoms with Crippen molar-refractivity contribution in [1.29, 1.82) is 0 Å². The van der Waals surface area contributed by atoms with E-state index < -0.39 is 5.60 Å². The molecule has 1 spiro atoms. The second-order valence-corrected chi connectivity index (χ2v) is 7.13. The third-order valence-corrected chi connectivity index (χ3v) is 5.13. The zero-order valence-corrected chi connectivity index (χ0v) is 14.9. The van der Waals surface area contributed by atoms with Crippen molar-refractivity contribution < 1.29 is 18.7 Å². The average Bonchev–Trinajstić information content (AvgIpc) is 3.27. The summed E-state index contributed by atoms with van der Waals surface area (Å²) in [5.41, 5.74) is 0.577. The molecule has 2 amide bonds. The number of H-pyrrole nitrogens is 1. The minimum absolute atomic E-state index is 0.120. The van der Waals surface area contributed by atoms with Crippen LogP contribution in [0.25, 0.3) is 11.5 Å². The van der Waals surface area contributed by atoms with Gasteiger partial charge in [-0.05, 0) is 31.9 Å². The van der Waals surface area contributed by atoms with Crippen molar-refractivity contribution in [3.63, 3.8) is 0 Å². The lowest BCUT2D eigenvalue weighted by Gasteiger charge is -2.25. The Kier molecular flexibility index (Phi) is 3.97. The molecule has 1 atom stereocenters. The fraction of sp³-hybridized carbons (Fsp3) is 0.500. The first-order valence-electron chi connectivity index (χ1n) is 8.81. The topological polar surface area (TPSA) is 91.7 Å². The monoisotopic (exact) mass is 358 g/mol. The third kappa shape index (κ3) is 2.95. The number of likely N-dealkylation sites (tertiary alicyclic amines) is 1. The summed E-state index contributed by atoms with van der Waals surface area (Å²) in [6, 6.07) is 5.42. The highest BCUT2D eigenvalue weighted by molar-refractivity contribution is 5.93. The van der Waals surface area contributed by atoms with Crippen LogP contribution in [0.1, 0.15) is 35.5 Å². The first kappa shape index (κ1) is 16.7. The van der Waals surface area contributed by atoms with Gasteiger partial charge in [-0.2, -0.15) is 5.10 Å². The molecule has 138 valence electrons. The number of aryl methyl sites for hydroxylation is 1. The molecule has 2 aliphatic rings. The van der Waals surface area contributed by atoms with Crippen LogP contribution in [-0.2, 0) is 4.74 Å². The summed E-state index contributed by atoms with van der Waals surface area (Å²) in [7, 11) is 1.74. The molecule has 4 heterocycles. The number of rotatable bonds is 2. The van der Waals surface area contributed by atoms with Crippen LogP contribution in [-0.4, -0.2) is 64.3 Å². The second kappa shape index (κ2) is 6.19. The van der Waals surface area contributed by atoms with Crippen molar-refractivity contribution in [3.8, 4) is 11.5 Å². The molecule has 26 heavy (non-hydrogen) atoms. The molecule has 2 fully saturated rings. The SMILES string of the molecule is Cc1ccc(-c2cc(C(=O)N3CCCC4(CC3)CN(C)C(=O)O4)n[nH]2)o1. The highest BCUT2D eigenvalue weighted by Gasteiger charge is 2.44. The molecule has 2 saturated heterocycles. The van der Waals surface area contributed by atoms with E-state index in [1.54, 1.807) is 22.9 Å². The van der Waals surface area contributed by atoms with E-state index in [0.29, 0.717) is 43.2 Å². The minimum Gasteiger partial charge on any atom is -0.460 e. The van der Waals surface area contributed by atoms with E-state index in [1.807, 2.05) is 19.1 Å². The van der Waals surface area contributed by atoms with E-state index >= 15 is 0 Å². The van der Waals surface area contributed by atoms with Crippen molar-refractivity contribution in [2.75, 3.05) is 26.7 Å². The molecule has 1 N–H and O–H groups in total. The maximum atomic E-state index is 12.8. The first-order chi connectivity index (χ1) is 12.5. The minimum atomic E-state index is -0.469. The summed E-state index contributed by atoms with van der Waals surface area (Å²) in [5.74, 6) is 1.34. The zero-order valence-electron chi connectivity index (χ0n) is 14.9. The van der Waals surface area contributed by atoms with Gasteiger partial charge in [-0.25, -0.2) is 4.79 Å². The summed E-state index contributed by atoms with van der Waals surface area (Å²) in [6.45, 7) is 3.62. The molecule has 1 unspecified atom stereocenters. The molecule has 0 aromatic carbocycles. The summed E-state index contributed by atoms with van der Waals surface area (Å²) >= 11 is 0. The molecule has 2 aromatic rings. The number of aromatic nitrogens is 2. The molecule has 0 bridgehead atoms. The van der Waals surface area contributed by atoms with Gasteiger partial charge in [-0.15, -0.1) is 0 Å². The van der Waals surface area contributed by atoms with Crippen LogP contribution in [0.2, 0.25) is 0 Å². The molecule has 0 saturated carbocycles. The van der Waals surface area contributed by atoms with Crippen LogP contribution in [0.5, 0.6) is 0 Å². The molecular weight excluding hydrogens is 336 g/mol. The van der Waals surface area contributed by atoms with Crippen molar-refractivity contribution >= 4 is 12.0 Å². The molecule has 0 radical (unpaired) electrons. The van der Waals surface area contributed by atoms with Crippen LogP contribution in [0.15, 0.2) is 22.6 Å². The highest BCUT2D eigenvalue weighted by atomic mass is 16.6. The summed E-state index contributed by atoms with van der Waals surface area (Å²) in [4.78, 5) is 28.0. The molecule has 4 rings (SSSR count). The average molecular weight is 358 g/mol. The van der Waals surface area contributed by atoms with Crippen LogP contribution in [0.3, 0.4) is 0 Å². The van der Waals surface area contributed by atoms with Gasteiger partial charge in [0.2, 0.25) is 0 Å². The van der Waals surface area contributed by atoms with Crippen molar-refractivity contribution in [3.05, 3.63) is 29.7 Å². The number of hydrogen-bond donors (Lipinski definition) is 1. The van der Waals surface area contributed by atoms with Crippen molar-refractivity contribution in [2.24, 2.45) is 0 Å². The Morgan fingerprint density at radius 1 is 1.31 bits per heavy atom. The maximum Gasteiger partial charge on any atom is 0.410 e. The number of carbonyl (C=O) groups excluding carboxylic acids is 2. The first-order valence-corrected chi connectivity index (χ1v) is 8.81. The van der Waals surface area contributed by atoms with Gasteiger partial charge in [-0.1, -0.05) is 0 Å². The molecule has 0 aliphatic carbocycles. The van der Waals surface area contributed by atoms with Crippen molar-refractivity contribution in [2.45, 2.75) is 31.8 Å². The molecule has 8 nitrogen and oxygen atoms in total. The van der Waals surface area contributed by atoms with E-state index in [-0.39, 0.29) is 12.0 Å². The quantitative estimate of drug-likeness (QED) is 0.890. The number of amides is 2. The number of ether oxygens (including phenoxy) is 1. The number of furan rings is 1. The van der Waals surface area contributed by atoms with Crippen LogP contribution < -0.4 is 0 Å². The number of nitrogens with one attached hydrogen (secondary N) is 1. The van der Waals surface area contributed by atoms with Crippen molar-refractivity contribution in [1.82, 2.24) is 20.0 Å². The normalized spacial score (nSPS) is 23.4. The van der Waals surface area contributed by atoms with Gasteiger partial charge >= 0.3 is 6.09 Å². The van der Waals surface area contributed by atoms with Gasteiger partial charge in [0.05, 0.1) is 6.54 Å². The van der Waals surface area contributed by atoms with E-state index in [4.69, 9.17) is 9.15 Å². The number of likely N-dealkylation sites (N-methyl/N-ethyl adjacent to an activating group) is 1. The summed E-state index contributed by atoms with van der Waals surface area (Å²) in [6.07, 6.45) is 1.92. The fourth-order valence-electron chi connectivity index (χ4n) is 3.72. The van der Waals surface area contributed by atoms with Crippen LogP contribution in [0, 0.1) is 6.92 Å². The number of aromatic amines is 1. The predicted octanol–water partition coefficient (Wildman–Crippen LogP) is 2.43. The van der Waals surface area contributed by atoms with Gasteiger partial charge in [0.15, 0.2) is 11.5 Å². The van der Waals surface area contributed by atoms with Crippen LogP contribution >= 0.6 is 0 Å². The maximum absolute atomic E-state index is 12.8. The number of hydrogen-bond acceptors (Lipinski definition) is 5. The molecule has 2 aliphatic heterocycles. The Morgan fingerprint density at radius 2 is 2.15 bits per heavy atom. The van der Waals surface area contributed by atoms with Gasteiger partial charge in [-0.3, -0.25) is 9.89 Å². The highest BCUT2D eigenvalue weighted by Crippen LogP contribution is 2.33. The fourth-order valence-corrected chi connectivity index (χ4v) is 3.72. The molecule has 2 aromatic heterocycles. The summed E-state index contributed by atoms with van der Waals surface area (Å²) < 4.78 is 11.2. The predicted molar refractivity (Wildman–Crippen MR) is 92.6 cm³/mol. The van der Waals surface area contributed by atoms with Gasteiger partial charge < -0.3 is 19.0 Å². The Labute approximate surface area is 151 Å². The second-order valence-electron chi connectivity index (χ2n) is 7.13.